The van der Waals surface area contributed by atoms with E-state index in [0.717, 1.165) is 17.5 Å². The molecule has 1 aromatic carbocycles. The molecular formula is C18H20N4O3S. The first-order valence-corrected chi connectivity index (χ1v) is 9.88. The van der Waals surface area contributed by atoms with Crippen molar-refractivity contribution in [3.05, 3.63) is 59.9 Å². The number of amides is 1. The Bertz CT molecular complexity index is 1070. The first kappa shape index (κ1) is 17.9. The van der Waals surface area contributed by atoms with Gasteiger partial charge in [-0.3, -0.25) is 9.20 Å². The van der Waals surface area contributed by atoms with Gasteiger partial charge in [0.15, 0.2) is 5.69 Å². The van der Waals surface area contributed by atoms with Gasteiger partial charge in [-0.25, -0.2) is 13.4 Å². The lowest BCUT2D eigenvalue weighted by Crippen LogP contribution is -2.23. The van der Waals surface area contributed by atoms with E-state index in [2.05, 4.69) is 10.3 Å². The largest absolute Gasteiger partial charge is 0.378 e. The number of benzene rings is 1. The number of hydrogen-bond acceptors (Lipinski definition) is 5. The molecule has 0 saturated carbocycles. The molecule has 0 bridgehead atoms. The van der Waals surface area contributed by atoms with Gasteiger partial charge in [-0.15, -0.1) is 0 Å². The number of aromatic nitrogens is 2. The van der Waals surface area contributed by atoms with E-state index in [9.17, 15) is 13.2 Å². The summed E-state index contributed by atoms with van der Waals surface area (Å²) in [6, 6.07) is 12.9. The summed E-state index contributed by atoms with van der Waals surface area (Å²) in [6.07, 6.45) is 2.65. The molecule has 0 aliphatic heterocycles. The second-order valence-electron chi connectivity index (χ2n) is 6.22. The van der Waals surface area contributed by atoms with Crippen molar-refractivity contribution >= 4 is 26.9 Å². The maximum atomic E-state index is 12.6. The number of carbonyl (C=O) groups is 1. The molecule has 0 saturated heterocycles. The highest BCUT2D eigenvalue weighted by molar-refractivity contribution is 7.90. The third-order valence-corrected chi connectivity index (χ3v) is 4.89. The van der Waals surface area contributed by atoms with Gasteiger partial charge in [-0.1, -0.05) is 18.2 Å². The van der Waals surface area contributed by atoms with Crippen molar-refractivity contribution in [1.82, 2.24) is 14.7 Å². The number of rotatable bonds is 5. The van der Waals surface area contributed by atoms with E-state index < -0.39 is 15.7 Å². The molecule has 7 nitrogen and oxygen atoms in total. The summed E-state index contributed by atoms with van der Waals surface area (Å²) in [5.74, 6) is -0.418. The van der Waals surface area contributed by atoms with E-state index in [-0.39, 0.29) is 10.9 Å². The molecule has 0 atom stereocenters. The van der Waals surface area contributed by atoms with Crippen LogP contribution in [0.2, 0.25) is 0 Å². The Hall–Kier alpha value is -2.87. The van der Waals surface area contributed by atoms with Gasteiger partial charge >= 0.3 is 0 Å². The van der Waals surface area contributed by atoms with Gasteiger partial charge in [0.05, 0.1) is 5.52 Å². The molecule has 1 N–H and O–H groups in total. The van der Waals surface area contributed by atoms with E-state index in [4.69, 9.17) is 0 Å². The Balaban J connectivity index is 1.88. The summed E-state index contributed by atoms with van der Waals surface area (Å²) in [4.78, 5) is 18.7. The fourth-order valence-corrected chi connectivity index (χ4v) is 3.42. The monoisotopic (exact) mass is 372 g/mol. The molecule has 0 aliphatic rings. The van der Waals surface area contributed by atoms with Crippen LogP contribution in [0.25, 0.3) is 5.52 Å². The highest BCUT2D eigenvalue weighted by Crippen LogP contribution is 2.17. The zero-order valence-corrected chi connectivity index (χ0v) is 15.6. The quantitative estimate of drug-likeness (QED) is 0.737. The molecule has 1 amide bonds. The summed E-state index contributed by atoms with van der Waals surface area (Å²) in [5, 5.41) is 2.66. The Labute approximate surface area is 152 Å². The maximum Gasteiger partial charge on any atom is 0.272 e. The maximum absolute atomic E-state index is 12.6. The molecule has 2 aromatic heterocycles. The summed E-state index contributed by atoms with van der Waals surface area (Å²) in [6.45, 7) is 0.320. The molecule has 26 heavy (non-hydrogen) atoms. The zero-order chi connectivity index (χ0) is 18.9. The molecule has 0 unspecified atom stereocenters. The van der Waals surface area contributed by atoms with Crippen molar-refractivity contribution in [3.8, 4) is 0 Å². The zero-order valence-electron chi connectivity index (χ0n) is 14.8. The minimum atomic E-state index is -3.56. The third-order valence-electron chi connectivity index (χ3n) is 3.94. The van der Waals surface area contributed by atoms with Crippen LogP contribution in [-0.4, -0.2) is 44.1 Å². The van der Waals surface area contributed by atoms with Crippen molar-refractivity contribution in [2.45, 2.75) is 11.7 Å². The van der Waals surface area contributed by atoms with Crippen LogP contribution in [0.5, 0.6) is 0 Å². The van der Waals surface area contributed by atoms with E-state index in [0.29, 0.717) is 12.1 Å². The average molecular weight is 372 g/mol. The molecule has 0 radical (unpaired) electrons. The number of nitrogens with zero attached hydrogens (tertiary/aromatic N) is 3. The van der Waals surface area contributed by atoms with E-state index >= 15 is 0 Å². The number of anilines is 1. The highest BCUT2D eigenvalue weighted by Gasteiger charge is 2.22. The van der Waals surface area contributed by atoms with Gasteiger partial charge in [0, 0.05) is 38.8 Å². The van der Waals surface area contributed by atoms with Crippen LogP contribution in [0.1, 0.15) is 16.1 Å². The molecule has 2 heterocycles. The minimum absolute atomic E-state index is 0.0924. The molecule has 3 aromatic rings. The predicted molar refractivity (Wildman–Crippen MR) is 100 cm³/mol. The van der Waals surface area contributed by atoms with Crippen LogP contribution in [0.3, 0.4) is 0 Å². The fraction of sp³-hybridized carbons (Fsp3) is 0.222. The Morgan fingerprint density at radius 2 is 1.96 bits per heavy atom. The topological polar surface area (TPSA) is 83.8 Å². The summed E-state index contributed by atoms with van der Waals surface area (Å²) < 4.78 is 25.3. The smallest absolute Gasteiger partial charge is 0.272 e. The van der Waals surface area contributed by atoms with Gasteiger partial charge in [-0.05, 0) is 29.8 Å². The lowest BCUT2D eigenvalue weighted by Gasteiger charge is -2.13. The van der Waals surface area contributed by atoms with Crippen LogP contribution in [-0.2, 0) is 16.4 Å². The van der Waals surface area contributed by atoms with Crippen LogP contribution in [0.4, 0.5) is 5.69 Å². The Morgan fingerprint density at radius 1 is 1.19 bits per heavy atom. The Morgan fingerprint density at radius 3 is 2.65 bits per heavy atom. The normalized spacial score (nSPS) is 11.5. The number of nitrogens with one attached hydrogen (secondary N) is 1. The second kappa shape index (κ2) is 6.80. The molecule has 0 aliphatic carbocycles. The minimum Gasteiger partial charge on any atom is -0.378 e. The fourth-order valence-electron chi connectivity index (χ4n) is 2.65. The first-order chi connectivity index (χ1) is 12.3. The van der Waals surface area contributed by atoms with Gasteiger partial charge in [0.1, 0.15) is 0 Å². The van der Waals surface area contributed by atoms with Crippen molar-refractivity contribution < 1.29 is 13.2 Å². The number of hydrogen-bond donors (Lipinski definition) is 1. The van der Waals surface area contributed by atoms with Crippen LogP contribution < -0.4 is 10.2 Å². The third kappa shape index (κ3) is 3.55. The van der Waals surface area contributed by atoms with E-state index in [1.165, 1.54) is 4.40 Å². The summed E-state index contributed by atoms with van der Waals surface area (Å²) in [7, 11) is 0.334. The van der Waals surface area contributed by atoms with Crippen LogP contribution in [0.15, 0.2) is 53.8 Å². The number of imidazole rings is 1. The average Bonchev–Trinajstić information content (AvgIpc) is 3.00. The molecule has 8 heteroatoms. The molecular weight excluding hydrogens is 352 g/mol. The number of carbonyl (C=O) groups excluding carboxylic acids is 1. The molecule has 0 fully saturated rings. The van der Waals surface area contributed by atoms with E-state index in [1.807, 2.05) is 43.3 Å². The molecule has 136 valence electrons. The molecule has 3 rings (SSSR count). The van der Waals surface area contributed by atoms with Crippen LogP contribution >= 0.6 is 0 Å². The lowest BCUT2D eigenvalue weighted by molar-refractivity contribution is 0.0947. The highest BCUT2D eigenvalue weighted by atomic mass is 32.2. The molecule has 0 spiro atoms. The van der Waals surface area contributed by atoms with Gasteiger partial charge in [0.25, 0.3) is 5.91 Å². The van der Waals surface area contributed by atoms with E-state index in [1.54, 1.807) is 24.4 Å². The summed E-state index contributed by atoms with van der Waals surface area (Å²) >= 11 is 0. The van der Waals surface area contributed by atoms with Gasteiger partial charge in [0.2, 0.25) is 15.0 Å². The van der Waals surface area contributed by atoms with Crippen molar-refractivity contribution in [3.63, 3.8) is 0 Å². The Kier molecular flexibility index (Phi) is 4.69. The van der Waals surface area contributed by atoms with Crippen LogP contribution in [0, 0.1) is 0 Å². The number of sulfone groups is 1. The second-order valence-corrected chi connectivity index (χ2v) is 8.13. The summed E-state index contributed by atoms with van der Waals surface area (Å²) in [5.41, 5.74) is 2.52. The van der Waals surface area contributed by atoms with Crippen molar-refractivity contribution in [1.29, 1.82) is 0 Å². The van der Waals surface area contributed by atoms with Gasteiger partial charge in [-0.2, -0.15) is 0 Å². The first-order valence-electron chi connectivity index (χ1n) is 7.99. The number of fused-ring (bicyclic) bond motifs is 1. The SMILES string of the molecule is CN(C)c1cccc(CNC(=O)c2nc(S(C)(=O)=O)n3ccccc23)c1. The predicted octanol–water partition coefficient (Wildman–Crippen LogP) is 1.73. The van der Waals surface area contributed by atoms with Crippen molar-refractivity contribution in [2.24, 2.45) is 0 Å². The van der Waals surface area contributed by atoms with Gasteiger partial charge < -0.3 is 10.2 Å². The number of pyridine rings is 1. The standard InChI is InChI=1S/C18H20N4O3S/c1-21(2)14-8-6-7-13(11-14)12-19-17(23)16-15-9-4-5-10-22(15)18(20-16)26(3,24)25/h4-11H,12H2,1-3H3,(H,19,23). The van der Waals surface area contributed by atoms with Crippen molar-refractivity contribution in [2.75, 3.05) is 25.3 Å². The lowest BCUT2D eigenvalue weighted by atomic mass is 10.2.